The molecular formula is C27H30N6O3. The molecule has 0 aliphatic carbocycles. The van der Waals surface area contributed by atoms with E-state index in [-0.39, 0.29) is 0 Å². The van der Waals surface area contributed by atoms with Gasteiger partial charge in [0.15, 0.2) is 0 Å². The van der Waals surface area contributed by atoms with Gasteiger partial charge < -0.3 is 47.4 Å². The molecule has 0 unspecified atom stereocenters. The Hall–Kier alpha value is -4.92. The summed E-state index contributed by atoms with van der Waals surface area (Å²) >= 11 is 0. The fourth-order valence-electron chi connectivity index (χ4n) is 3.71. The molecule has 0 fully saturated rings. The van der Waals surface area contributed by atoms with Crippen LogP contribution in [0.4, 0.5) is 51.2 Å². The molecule has 0 aliphatic rings. The second-order valence-corrected chi connectivity index (χ2v) is 8.04. The molecule has 0 aromatic heterocycles. The highest BCUT2D eigenvalue weighted by atomic mass is 16.5. The average molecular weight is 487 g/mol. The molecule has 9 nitrogen and oxygen atoms in total. The Morgan fingerprint density at radius 3 is 0.944 bits per heavy atom. The van der Waals surface area contributed by atoms with Gasteiger partial charge in [-0.2, -0.15) is 0 Å². The molecule has 4 aromatic carbocycles. The Morgan fingerprint density at radius 1 is 0.417 bits per heavy atom. The fraction of sp³-hybridized carbons (Fsp3) is 0.111. The van der Waals surface area contributed by atoms with E-state index in [9.17, 15) is 0 Å². The van der Waals surface area contributed by atoms with Crippen LogP contribution in [0.2, 0.25) is 0 Å². The van der Waals surface area contributed by atoms with Crippen molar-refractivity contribution in [1.29, 1.82) is 0 Å². The molecule has 0 saturated carbocycles. The van der Waals surface area contributed by atoms with E-state index >= 15 is 0 Å². The van der Waals surface area contributed by atoms with Crippen molar-refractivity contribution in [3.8, 4) is 17.2 Å². The van der Waals surface area contributed by atoms with Gasteiger partial charge in [0.05, 0.1) is 38.4 Å². The number of hydrogen-bond acceptors (Lipinski definition) is 9. The molecule has 0 aliphatic heterocycles. The second kappa shape index (κ2) is 10.6. The third kappa shape index (κ3) is 5.58. The molecule has 4 rings (SSSR count). The van der Waals surface area contributed by atoms with Crippen molar-refractivity contribution in [3.63, 3.8) is 0 Å². The summed E-state index contributed by atoms with van der Waals surface area (Å²) in [5.41, 5.74) is 24.6. The van der Waals surface area contributed by atoms with E-state index in [2.05, 4.69) is 16.0 Å². The first kappa shape index (κ1) is 24.2. The molecule has 0 heterocycles. The van der Waals surface area contributed by atoms with E-state index in [0.29, 0.717) is 34.3 Å². The number of nitrogens with two attached hydrogens (primary N) is 3. The lowest BCUT2D eigenvalue weighted by molar-refractivity contribution is 0.417. The third-order valence-corrected chi connectivity index (χ3v) is 5.50. The first-order chi connectivity index (χ1) is 17.4. The van der Waals surface area contributed by atoms with E-state index < -0.39 is 0 Å². The van der Waals surface area contributed by atoms with Crippen LogP contribution in [0.1, 0.15) is 0 Å². The van der Waals surface area contributed by atoms with Crippen molar-refractivity contribution in [1.82, 2.24) is 0 Å². The SMILES string of the molecule is COc1cc(Nc2cc(Nc3ccc(N)c(OC)c3)cc(Nc3ccc(N)c(OC)c3)c2)ccc1N. The molecule has 0 radical (unpaired) electrons. The Bertz CT molecular complexity index is 1200. The summed E-state index contributed by atoms with van der Waals surface area (Å²) in [5, 5.41) is 10.2. The maximum Gasteiger partial charge on any atom is 0.143 e. The maximum atomic E-state index is 5.97. The summed E-state index contributed by atoms with van der Waals surface area (Å²) in [6.07, 6.45) is 0. The Labute approximate surface area is 210 Å². The first-order valence-corrected chi connectivity index (χ1v) is 11.1. The second-order valence-electron chi connectivity index (χ2n) is 8.04. The van der Waals surface area contributed by atoms with Crippen LogP contribution in [-0.2, 0) is 0 Å². The quantitative estimate of drug-likeness (QED) is 0.164. The van der Waals surface area contributed by atoms with Crippen LogP contribution >= 0.6 is 0 Å². The van der Waals surface area contributed by atoms with E-state index in [4.69, 9.17) is 31.4 Å². The summed E-state index contributed by atoms with van der Waals surface area (Å²) in [4.78, 5) is 0. The Morgan fingerprint density at radius 2 is 0.694 bits per heavy atom. The van der Waals surface area contributed by atoms with Crippen molar-refractivity contribution in [3.05, 3.63) is 72.8 Å². The fourth-order valence-corrected chi connectivity index (χ4v) is 3.71. The number of anilines is 9. The van der Waals surface area contributed by atoms with Crippen LogP contribution in [0.15, 0.2) is 72.8 Å². The molecule has 36 heavy (non-hydrogen) atoms. The zero-order valence-corrected chi connectivity index (χ0v) is 20.4. The molecule has 9 N–H and O–H groups in total. The zero-order chi connectivity index (χ0) is 25.7. The van der Waals surface area contributed by atoms with Crippen LogP contribution in [0.3, 0.4) is 0 Å². The predicted molar refractivity (Wildman–Crippen MR) is 149 cm³/mol. The lowest BCUT2D eigenvalue weighted by Crippen LogP contribution is -2.00. The van der Waals surface area contributed by atoms with Crippen LogP contribution in [-0.4, -0.2) is 21.3 Å². The number of benzene rings is 4. The highest BCUT2D eigenvalue weighted by Crippen LogP contribution is 2.34. The van der Waals surface area contributed by atoms with Crippen LogP contribution in [0, 0.1) is 0 Å². The third-order valence-electron chi connectivity index (χ3n) is 5.50. The van der Waals surface area contributed by atoms with Crippen LogP contribution < -0.4 is 47.4 Å². The first-order valence-electron chi connectivity index (χ1n) is 11.1. The lowest BCUT2D eigenvalue weighted by atomic mass is 10.2. The van der Waals surface area contributed by atoms with Gasteiger partial charge in [-0.05, 0) is 54.6 Å². The van der Waals surface area contributed by atoms with Crippen molar-refractivity contribution in [2.45, 2.75) is 0 Å². The van der Waals surface area contributed by atoms with E-state index in [1.54, 1.807) is 39.5 Å². The monoisotopic (exact) mass is 486 g/mol. The summed E-state index contributed by atoms with van der Waals surface area (Å²) in [6, 6.07) is 22.6. The number of ether oxygens (including phenoxy) is 3. The van der Waals surface area contributed by atoms with Crippen LogP contribution in [0.25, 0.3) is 0 Å². The van der Waals surface area contributed by atoms with Gasteiger partial charge in [-0.15, -0.1) is 0 Å². The van der Waals surface area contributed by atoms with Gasteiger partial charge in [-0.3, -0.25) is 0 Å². The molecule has 9 heteroatoms. The summed E-state index contributed by atoms with van der Waals surface area (Å²) in [7, 11) is 4.76. The Balaban J connectivity index is 1.69. The summed E-state index contributed by atoms with van der Waals surface area (Å²) in [5.74, 6) is 1.78. The van der Waals surface area contributed by atoms with Gasteiger partial charge in [-0.1, -0.05) is 0 Å². The van der Waals surface area contributed by atoms with E-state index in [1.807, 2.05) is 54.6 Å². The standard InChI is InChI=1S/C27H30N6O3/c1-34-25-13-16(4-7-22(25)28)31-19-10-20(32-17-5-8-23(29)26(14-17)35-2)12-21(11-19)33-18-6-9-24(30)27(15-18)36-3/h4-15,31-33H,28-30H2,1-3H3. The molecule has 186 valence electrons. The largest absolute Gasteiger partial charge is 0.495 e. The topological polar surface area (TPSA) is 142 Å². The summed E-state index contributed by atoms with van der Waals surface area (Å²) < 4.78 is 16.1. The highest BCUT2D eigenvalue weighted by Gasteiger charge is 2.08. The normalized spacial score (nSPS) is 10.4. The van der Waals surface area contributed by atoms with Crippen molar-refractivity contribution in [2.75, 3.05) is 54.5 Å². The molecular weight excluding hydrogens is 456 g/mol. The average Bonchev–Trinajstić information content (AvgIpc) is 2.87. The molecule has 0 spiro atoms. The minimum absolute atomic E-state index is 0.565. The minimum atomic E-state index is 0.565. The number of rotatable bonds is 9. The lowest BCUT2D eigenvalue weighted by Gasteiger charge is -2.16. The van der Waals surface area contributed by atoms with E-state index in [1.165, 1.54) is 0 Å². The van der Waals surface area contributed by atoms with Crippen molar-refractivity contribution < 1.29 is 14.2 Å². The van der Waals surface area contributed by atoms with Gasteiger partial charge >= 0.3 is 0 Å². The highest BCUT2D eigenvalue weighted by molar-refractivity contribution is 5.78. The number of methoxy groups -OCH3 is 3. The Kier molecular flexibility index (Phi) is 7.10. The maximum absolute atomic E-state index is 5.97. The predicted octanol–water partition coefficient (Wildman–Crippen LogP) is 5.69. The van der Waals surface area contributed by atoms with Gasteiger partial charge in [0.1, 0.15) is 17.2 Å². The number of hydrogen-bond donors (Lipinski definition) is 6. The van der Waals surface area contributed by atoms with Crippen molar-refractivity contribution in [2.24, 2.45) is 0 Å². The van der Waals surface area contributed by atoms with Gasteiger partial charge in [0.2, 0.25) is 0 Å². The number of nitrogen functional groups attached to an aromatic ring is 3. The summed E-state index contributed by atoms with van der Waals surface area (Å²) in [6.45, 7) is 0. The van der Waals surface area contributed by atoms with E-state index in [0.717, 1.165) is 34.1 Å². The molecule has 4 aromatic rings. The van der Waals surface area contributed by atoms with Crippen molar-refractivity contribution >= 4 is 51.2 Å². The number of nitrogens with one attached hydrogen (secondary N) is 3. The van der Waals surface area contributed by atoms with Crippen LogP contribution in [0.5, 0.6) is 17.2 Å². The molecule has 0 bridgehead atoms. The zero-order valence-electron chi connectivity index (χ0n) is 20.4. The minimum Gasteiger partial charge on any atom is -0.495 e. The van der Waals surface area contributed by atoms with Gasteiger partial charge in [0, 0.05) is 52.3 Å². The van der Waals surface area contributed by atoms with Gasteiger partial charge in [0.25, 0.3) is 0 Å². The van der Waals surface area contributed by atoms with Gasteiger partial charge in [-0.25, -0.2) is 0 Å². The molecule has 0 amide bonds. The molecule has 0 saturated heterocycles. The smallest absolute Gasteiger partial charge is 0.143 e. The molecule has 0 atom stereocenters.